The van der Waals surface area contributed by atoms with Gasteiger partial charge in [0.1, 0.15) is 0 Å². The van der Waals surface area contributed by atoms with Crippen LogP contribution >= 0.6 is 8.81 Å². The molecule has 0 fully saturated rings. The Hall–Kier alpha value is -1.25. The quantitative estimate of drug-likeness (QED) is 0.727. The molecule has 0 aliphatic heterocycles. The van der Waals surface area contributed by atoms with Crippen molar-refractivity contribution in [1.82, 2.24) is 4.98 Å². The van der Waals surface area contributed by atoms with Crippen molar-refractivity contribution < 1.29 is 9.26 Å². The van der Waals surface area contributed by atoms with Gasteiger partial charge >= 0.3 is 116 Å². The molecule has 0 radical (unpaired) electrons. The van der Waals surface area contributed by atoms with Gasteiger partial charge in [-0.2, -0.15) is 0 Å². The molecule has 2 heterocycles. The third-order valence-electron chi connectivity index (χ3n) is 2.44. The van der Waals surface area contributed by atoms with Crippen LogP contribution in [0.15, 0.2) is 42.4 Å². The fraction of sp³-hybridized carbons (Fsp3) is 0.286. The number of hydrogen-bond acceptors (Lipinski definition) is 3. The molecular weight excluding hydrogens is 256 g/mol. The molecule has 3 nitrogen and oxygen atoms in total. The molecule has 0 N–H and O–H groups in total. The number of hydrogen-bond donors (Lipinski definition) is 0. The van der Waals surface area contributed by atoms with Gasteiger partial charge in [-0.25, -0.2) is 0 Å². The first-order valence-electron chi connectivity index (χ1n) is 6.40. The van der Waals surface area contributed by atoms with Crippen molar-refractivity contribution in [2.75, 3.05) is 6.61 Å². The number of pyridine rings is 1. The Labute approximate surface area is 116 Å². The molecule has 0 saturated heterocycles. The van der Waals surface area contributed by atoms with Gasteiger partial charge in [-0.1, -0.05) is 0 Å². The zero-order valence-corrected chi connectivity index (χ0v) is 12.0. The van der Waals surface area contributed by atoms with Crippen LogP contribution in [0.5, 0.6) is 5.88 Å². The van der Waals surface area contributed by atoms with Crippen LogP contribution in [-0.4, -0.2) is 18.5 Å². The summed E-state index contributed by atoms with van der Waals surface area (Å²) in [5, 5.41) is 0. The van der Waals surface area contributed by atoms with E-state index in [1.54, 1.807) is 0 Å². The fourth-order valence-electron chi connectivity index (χ4n) is 1.53. The van der Waals surface area contributed by atoms with Crippen LogP contribution in [0.1, 0.15) is 18.8 Å². The van der Waals surface area contributed by atoms with E-state index in [0.717, 1.165) is 11.9 Å². The number of nitrogens with zero attached hydrogens (tertiary/aromatic N) is 1. The van der Waals surface area contributed by atoms with Crippen molar-refractivity contribution in [2.24, 2.45) is 0 Å². The summed E-state index contributed by atoms with van der Waals surface area (Å²) in [4.78, 5) is 4.41. The van der Waals surface area contributed by atoms with E-state index in [-0.39, 0.29) is 8.81 Å². The molecule has 2 aromatic heterocycles. The van der Waals surface area contributed by atoms with Gasteiger partial charge in [0.2, 0.25) is 0 Å². The molecule has 0 aliphatic carbocycles. The Kier molecular flexibility index (Phi) is 5.99. The van der Waals surface area contributed by atoms with Crippen molar-refractivity contribution in [1.29, 1.82) is 0 Å². The SMILES string of the molecule is CCCOc1cccc(POCc2bcccc2)n1. The third-order valence-corrected chi connectivity index (χ3v) is 3.21. The van der Waals surface area contributed by atoms with Crippen molar-refractivity contribution in [3.8, 4) is 5.88 Å². The molecule has 98 valence electrons. The Morgan fingerprint density at radius 2 is 2.16 bits per heavy atom. The molecule has 0 bridgehead atoms. The van der Waals surface area contributed by atoms with Crippen LogP contribution in [0.4, 0.5) is 0 Å². The molecule has 5 heteroatoms. The summed E-state index contributed by atoms with van der Waals surface area (Å²) in [5.74, 6) is 2.69. The maximum atomic E-state index is 5.67. The Balaban J connectivity index is 1.82. The van der Waals surface area contributed by atoms with E-state index in [2.05, 4.69) is 24.9 Å². The second-order valence-electron chi connectivity index (χ2n) is 4.09. The minimum atomic E-state index is 0.240. The van der Waals surface area contributed by atoms with Crippen molar-refractivity contribution in [3.05, 3.63) is 47.8 Å². The molecule has 1 unspecified atom stereocenters. The zero-order valence-electron chi connectivity index (χ0n) is 11.0. The second-order valence-corrected chi connectivity index (χ2v) is 5.09. The summed E-state index contributed by atoms with van der Waals surface area (Å²) in [6.45, 7) is 5.44. The van der Waals surface area contributed by atoms with Crippen LogP contribution in [0.3, 0.4) is 0 Å². The van der Waals surface area contributed by atoms with Gasteiger partial charge in [-0.15, -0.1) is 0 Å². The predicted molar refractivity (Wildman–Crippen MR) is 80.6 cm³/mol. The summed E-state index contributed by atoms with van der Waals surface area (Å²) in [7, 11) is 0.240. The van der Waals surface area contributed by atoms with E-state index < -0.39 is 0 Å². The van der Waals surface area contributed by atoms with E-state index in [1.807, 2.05) is 36.3 Å². The van der Waals surface area contributed by atoms with E-state index in [0.29, 0.717) is 19.1 Å². The average molecular weight is 273 g/mol. The van der Waals surface area contributed by atoms with Crippen LogP contribution in [0, 0.1) is 0 Å². The molecule has 0 spiro atoms. The zero-order chi connectivity index (χ0) is 13.3. The van der Waals surface area contributed by atoms with Gasteiger partial charge in [0.25, 0.3) is 0 Å². The van der Waals surface area contributed by atoms with Gasteiger partial charge in [-0.3, -0.25) is 0 Å². The van der Waals surface area contributed by atoms with Crippen LogP contribution in [0.25, 0.3) is 0 Å². The second kappa shape index (κ2) is 8.03. The maximum absolute atomic E-state index is 5.67. The average Bonchev–Trinajstić information content (AvgIpc) is 2.47. The first-order chi connectivity index (χ1) is 9.38. The molecule has 0 saturated carbocycles. The fourth-order valence-corrected chi connectivity index (χ4v) is 2.23. The monoisotopic (exact) mass is 273 g/mol. The van der Waals surface area contributed by atoms with E-state index in [4.69, 9.17) is 9.26 Å². The Bertz CT molecular complexity index is 496. The van der Waals surface area contributed by atoms with E-state index >= 15 is 0 Å². The first-order valence-corrected chi connectivity index (χ1v) is 7.31. The van der Waals surface area contributed by atoms with Crippen molar-refractivity contribution >= 4 is 21.2 Å². The molecule has 0 aromatic carbocycles. The Morgan fingerprint density at radius 1 is 1.21 bits per heavy atom. The van der Waals surface area contributed by atoms with Gasteiger partial charge in [0.15, 0.2) is 0 Å². The first kappa shape index (κ1) is 14.2. The normalized spacial score (nSPS) is 10.8. The summed E-state index contributed by atoms with van der Waals surface area (Å²) < 4.78 is 11.2. The number of rotatable bonds is 7. The molecule has 0 amide bonds. The van der Waals surface area contributed by atoms with Crippen LogP contribution in [0.2, 0.25) is 0 Å². The molecule has 1 atom stereocenters. The number of ether oxygens (including phenoxy) is 1. The van der Waals surface area contributed by atoms with Crippen molar-refractivity contribution in [2.45, 2.75) is 20.0 Å². The summed E-state index contributed by atoms with van der Waals surface area (Å²) in [5.41, 5.74) is 2.10. The van der Waals surface area contributed by atoms with Gasteiger partial charge in [-0.05, 0) is 0 Å². The minimum absolute atomic E-state index is 0.240. The summed E-state index contributed by atoms with van der Waals surface area (Å²) >= 11 is 0. The van der Waals surface area contributed by atoms with Crippen LogP contribution < -0.4 is 10.2 Å². The topological polar surface area (TPSA) is 31.4 Å². The molecule has 0 aliphatic rings. The summed E-state index contributed by atoms with van der Waals surface area (Å²) in [6.07, 6.45) is 0.985. The number of aromatic nitrogens is 1. The van der Waals surface area contributed by atoms with E-state index in [9.17, 15) is 0 Å². The van der Waals surface area contributed by atoms with E-state index in [1.165, 1.54) is 5.46 Å². The van der Waals surface area contributed by atoms with Crippen LogP contribution in [-0.2, 0) is 11.1 Å². The molecular formula is C14H17BNO2P. The molecule has 19 heavy (non-hydrogen) atoms. The summed E-state index contributed by atoms with van der Waals surface area (Å²) in [6, 6.07) is 11.9. The standard InChI is InChI=1S/C14H17BNO2P/c1-2-10-17-13-7-5-8-14(16-13)19-18-11-12-6-3-4-9-15-12/h3-9,19H,2,10-11H2,1H3. The Morgan fingerprint density at radius 3 is 2.95 bits per heavy atom. The van der Waals surface area contributed by atoms with Gasteiger partial charge < -0.3 is 0 Å². The third kappa shape index (κ3) is 5.10. The van der Waals surface area contributed by atoms with Gasteiger partial charge in [0, 0.05) is 0 Å². The van der Waals surface area contributed by atoms with Crippen molar-refractivity contribution in [3.63, 3.8) is 0 Å². The molecule has 2 aromatic rings. The van der Waals surface area contributed by atoms with Gasteiger partial charge in [0.05, 0.1) is 0 Å². The predicted octanol–water partition coefficient (Wildman–Crippen LogP) is 2.64. The molecule has 2 rings (SSSR count).